The largest absolute Gasteiger partial charge is 0.468 e. The Bertz CT molecular complexity index is 364. The Morgan fingerprint density at radius 3 is 3.23 bits per heavy atom. The van der Waals surface area contributed by atoms with Gasteiger partial charge in [0.1, 0.15) is 5.92 Å². The van der Waals surface area contributed by atoms with Crippen LogP contribution >= 0.6 is 0 Å². The van der Waals surface area contributed by atoms with E-state index in [0.717, 1.165) is 5.57 Å². The van der Waals surface area contributed by atoms with E-state index in [2.05, 4.69) is 14.9 Å². The van der Waals surface area contributed by atoms with Crippen molar-refractivity contribution in [3.63, 3.8) is 0 Å². The maximum atomic E-state index is 11.3. The van der Waals surface area contributed by atoms with Gasteiger partial charge in [-0.2, -0.15) is 10.2 Å². The van der Waals surface area contributed by atoms with E-state index in [1.165, 1.54) is 7.11 Å². The highest BCUT2D eigenvalue weighted by Gasteiger charge is 2.28. The van der Waals surface area contributed by atoms with Crippen molar-refractivity contribution >= 4 is 17.9 Å². The number of carbonyl (C=O) groups is 1. The van der Waals surface area contributed by atoms with Crippen LogP contribution in [0.15, 0.2) is 34.0 Å². The average Bonchev–Trinajstić information content (AvgIpc) is 2.63. The Kier molecular flexibility index (Phi) is 1.81. The summed E-state index contributed by atoms with van der Waals surface area (Å²) >= 11 is 0. The van der Waals surface area contributed by atoms with E-state index < -0.39 is 5.92 Å². The van der Waals surface area contributed by atoms with E-state index in [9.17, 15) is 4.79 Å². The van der Waals surface area contributed by atoms with Gasteiger partial charge in [0.25, 0.3) is 0 Å². The van der Waals surface area contributed by atoms with Gasteiger partial charge in [-0.05, 0) is 0 Å². The summed E-state index contributed by atoms with van der Waals surface area (Å²) in [6.45, 7) is 0. The first-order valence-electron chi connectivity index (χ1n) is 3.90. The van der Waals surface area contributed by atoms with E-state index in [1.807, 2.05) is 12.2 Å². The molecular weight excluding hydrogens is 168 g/mol. The Labute approximate surface area is 75.3 Å². The van der Waals surface area contributed by atoms with Crippen LogP contribution in [0.3, 0.4) is 0 Å². The maximum absolute atomic E-state index is 11.3. The van der Waals surface area contributed by atoms with Crippen molar-refractivity contribution in [2.75, 3.05) is 7.11 Å². The molecule has 0 N–H and O–H groups in total. The van der Waals surface area contributed by atoms with E-state index in [0.29, 0.717) is 5.71 Å². The Morgan fingerprint density at radius 1 is 1.62 bits per heavy atom. The number of hydrogen-bond donors (Lipinski definition) is 0. The van der Waals surface area contributed by atoms with Gasteiger partial charge in [-0.25, -0.2) is 0 Å². The Morgan fingerprint density at radius 2 is 2.46 bits per heavy atom. The molecule has 0 saturated carbocycles. The zero-order chi connectivity index (χ0) is 9.26. The highest BCUT2D eigenvalue weighted by molar-refractivity contribution is 6.25. The molecule has 0 saturated heterocycles. The van der Waals surface area contributed by atoms with Crippen molar-refractivity contribution in [3.8, 4) is 0 Å². The first kappa shape index (κ1) is 7.91. The summed E-state index contributed by atoms with van der Waals surface area (Å²) in [6, 6.07) is 0. The van der Waals surface area contributed by atoms with E-state index in [4.69, 9.17) is 0 Å². The van der Waals surface area contributed by atoms with Crippen LogP contribution in [-0.2, 0) is 9.53 Å². The Balaban J connectivity index is 2.30. The lowest BCUT2D eigenvalue weighted by Gasteiger charge is -2.13. The second-order valence-electron chi connectivity index (χ2n) is 2.74. The fourth-order valence-electron chi connectivity index (χ4n) is 1.33. The fraction of sp³-hybridized carbons (Fsp3) is 0.222. The van der Waals surface area contributed by atoms with Crippen molar-refractivity contribution in [3.05, 3.63) is 23.8 Å². The quantitative estimate of drug-likeness (QED) is 0.552. The van der Waals surface area contributed by atoms with Crippen LogP contribution in [0.1, 0.15) is 0 Å². The number of esters is 1. The van der Waals surface area contributed by atoms with Crippen molar-refractivity contribution < 1.29 is 9.53 Å². The third-order valence-corrected chi connectivity index (χ3v) is 1.99. The molecule has 0 amide bonds. The van der Waals surface area contributed by atoms with Gasteiger partial charge in [-0.1, -0.05) is 18.2 Å². The van der Waals surface area contributed by atoms with Crippen LogP contribution < -0.4 is 0 Å². The van der Waals surface area contributed by atoms with Gasteiger partial charge in [-0.3, -0.25) is 4.79 Å². The number of methoxy groups -OCH3 is 1. The van der Waals surface area contributed by atoms with Crippen LogP contribution in [-0.4, -0.2) is 25.0 Å². The molecular formula is C9H8N2O2. The number of carbonyl (C=O) groups excluding carboxylic acids is 1. The minimum absolute atomic E-state index is 0.300. The molecule has 0 bridgehead atoms. The lowest BCUT2D eigenvalue weighted by atomic mass is 9.93. The zero-order valence-corrected chi connectivity index (χ0v) is 7.10. The minimum Gasteiger partial charge on any atom is -0.468 e. The van der Waals surface area contributed by atoms with Crippen molar-refractivity contribution in [1.29, 1.82) is 0 Å². The zero-order valence-electron chi connectivity index (χ0n) is 7.10. The topological polar surface area (TPSA) is 51.0 Å². The number of nitrogens with zero attached hydrogens (tertiary/aromatic N) is 2. The third-order valence-electron chi connectivity index (χ3n) is 1.99. The molecule has 0 unspecified atom stereocenters. The predicted octanol–water partition coefficient (Wildman–Crippen LogP) is 0.712. The van der Waals surface area contributed by atoms with Gasteiger partial charge in [-0.15, -0.1) is 0 Å². The molecule has 1 aliphatic heterocycles. The molecule has 13 heavy (non-hydrogen) atoms. The molecule has 1 aliphatic carbocycles. The van der Waals surface area contributed by atoms with Gasteiger partial charge in [0, 0.05) is 5.57 Å². The lowest BCUT2D eigenvalue weighted by Crippen LogP contribution is -2.25. The number of ether oxygens (including phenoxy) is 1. The normalized spacial score (nSPS) is 23.6. The highest BCUT2D eigenvalue weighted by atomic mass is 16.5. The average molecular weight is 176 g/mol. The van der Waals surface area contributed by atoms with Gasteiger partial charge < -0.3 is 4.74 Å². The second kappa shape index (κ2) is 2.97. The predicted molar refractivity (Wildman–Crippen MR) is 48.7 cm³/mol. The molecule has 1 atom stereocenters. The Hall–Kier alpha value is -1.71. The van der Waals surface area contributed by atoms with E-state index in [-0.39, 0.29) is 5.97 Å². The molecule has 66 valence electrons. The number of fused-ring (bicyclic) bond motifs is 1. The summed E-state index contributed by atoms with van der Waals surface area (Å²) in [4.78, 5) is 11.3. The van der Waals surface area contributed by atoms with Crippen LogP contribution in [0.5, 0.6) is 0 Å². The summed E-state index contributed by atoms with van der Waals surface area (Å²) in [7, 11) is 1.37. The summed E-state index contributed by atoms with van der Waals surface area (Å²) in [6.07, 6.45) is 7.07. The number of hydrogen-bond acceptors (Lipinski definition) is 4. The molecule has 1 heterocycles. The molecule has 2 aliphatic rings. The smallest absolute Gasteiger partial charge is 0.318 e. The van der Waals surface area contributed by atoms with Crippen LogP contribution in [0.25, 0.3) is 0 Å². The minimum atomic E-state index is -0.396. The van der Waals surface area contributed by atoms with Crippen molar-refractivity contribution in [2.45, 2.75) is 0 Å². The van der Waals surface area contributed by atoms with Crippen molar-refractivity contribution in [1.82, 2.24) is 0 Å². The molecule has 0 aromatic carbocycles. The standard InChI is InChI=1S/C9H8N2O2/c1-13-9(12)7-4-2-3-6-5-10-11-8(6)7/h2-5,7H,1H3/t7-/m0/s1. The van der Waals surface area contributed by atoms with Crippen LogP contribution in [0, 0.1) is 5.92 Å². The van der Waals surface area contributed by atoms with Crippen molar-refractivity contribution in [2.24, 2.45) is 16.1 Å². The first-order valence-corrected chi connectivity index (χ1v) is 3.90. The molecule has 4 heteroatoms. The first-order chi connectivity index (χ1) is 6.33. The molecule has 0 spiro atoms. The SMILES string of the molecule is COC(=O)[C@H]1C=CC=C2C=NN=C21. The van der Waals surface area contributed by atoms with Gasteiger partial charge in [0.2, 0.25) is 0 Å². The highest BCUT2D eigenvalue weighted by Crippen LogP contribution is 2.19. The van der Waals surface area contributed by atoms with E-state index >= 15 is 0 Å². The third kappa shape index (κ3) is 1.20. The summed E-state index contributed by atoms with van der Waals surface area (Å²) < 4.78 is 4.64. The van der Waals surface area contributed by atoms with Crippen LogP contribution in [0.2, 0.25) is 0 Å². The molecule has 0 aromatic heterocycles. The number of allylic oxidation sites excluding steroid dienone is 3. The second-order valence-corrected chi connectivity index (χ2v) is 2.74. The molecule has 2 rings (SSSR count). The van der Waals surface area contributed by atoms with Crippen LogP contribution in [0.4, 0.5) is 0 Å². The molecule has 0 fully saturated rings. The monoisotopic (exact) mass is 176 g/mol. The van der Waals surface area contributed by atoms with E-state index in [1.54, 1.807) is 12.3 Å². The van der Waals surface area contributed by atoms with Gasteiger partial charge in [0.15, 0.2) is 0 Å². The lowest BCUT2D eigenvalue weighted by molar-refractivity contribution is -0.141. The van der Waals surface area contributed by atoms with Gasteiger partial charge >= 0.3 is 5.97 Å². The summed E-state index contributed by atoms with van der Waals surface area (Å²) in [5, 5.41) is 7.62. The molecule has 4 nitrogen and oxygen atoms in total. The number of rotatable bonds is 1. The maximum Gasteiger partial charge on any atom is 0.318 e. The molecule has 0 radical (unpaired) electrons. The molecule has 0 aromatic rings. The summed E-state index contributed by atoms with van der Waals surface area (Å²) in [5.74, 6) is -0.696. The van der Waals surface area contributed by atoms with Gasteiger partial charge in [0.05, 0.1) is 19.0 Å². The fourth-order valence-corrected chi connectivity index (χ4v) is 1.33. The summed E-state index contributed by atoms with van der Waals surface area (Å²) in [5.41, 5.74) is 1.56.